The monoisotopic (exact) mass is 368 g/mol. The van der Waals surface area contributed by atoms with Gasteiger partial charge in [-0.05, 0) is 48.5 Å². The third kappa shape index (κ3) is 5.52. The Balaban J connectivity index is 1.83. The van der Waals surface area contributed by atoms with E-state index in [4.69, 9.17) is 4.74 Å². The molecule has 1 amide bonds. The van der Waals surface area contributed by atoms with Crippen LogP contribution >= 0.6 is 0 Å². The summed E-state index contributed by atoms with van der Waals surface area (Å²) in [5.41, 5.74) is 0.304. The Morgan fingerprint density at radius 3 is 2.32 bits per heavy atom. The summed E-state index contributed by atoms with van der Waals surface area (Å²) in [5, 5.41) is 2.64. The van der Waals surface area contributed by atoms with Gasteiger partial charge in [0.15, 0.2) is 0 Å². The van der Waals surface area contributed by atoms with Crippen LogP contribution in [0.2, 0.25) is 0 Å². The molecule has 2 aromatic carbocycles. The summed E-state index contributed by atoms with van der Waals surface area (Å²) in [6, 6.07) is 10.9. The van der Waals surface area contributed by atoms with Gasteiger partial charge in [0, 0.05) is 5.56 Å². The minimum Gasteiger partial charge on any atom is -0.492 e. The Bertz CT molecular complexity index is 807. The number of hydrogen-bond acceptors (Lipinski definition) is 5. The van der Waals surface area contributed by atoms with E-state index in [9.17, 15) is 17.6 Å². The molecule has 0 bridgehead atoms. The fourth-order valence-corrected chi connectivity index (χ4v) is 2.72. The maximum atomic E-state index is 12.8. The maximum absolute atomic E-state index is 12.8. The first-order valence-corrected chi connectivity index (χ1v) is 8.72. The van der Waals surface area contributed by atoms with Gasteiger partial charge in [0.25, 0.3) is 15.9 Å². The molecule has 0 heterocycles. The quantitative estimate of drug-likeness (QED) is 0.544. The summed E-state index contributed by atoms with van der Waals surface area (Å²) < 4.78 is 41.5. The van der Waals surface area contributed by atoms with Gasteiger partial charge >= 0.3 is 0 Å². The predicted octanol–water partition coefficient (Wildman–Crippen LogP) is 1.47. The average molecular weight is 368 g/mol. The number of benzene rings is 2. The molecule has 25 heavy (non-hydrogen) atoms. The predicted molar refractivity (Wildman–Crippen MR) is 88.0 cm³/mol. The largest absolute Gasteiger partial charge is 0.492 e. The van der Waals surface area contributed by atoms with Gasteiger partial charge in [-0.3, -0.25) is 9.63 Å². The van der Waals surface area contributed by atoms with E-state index in [1.165, 1.54) is 55.6 Å². The van der Waals surface area contributed by atoms with Crippen LogP contribution in [0.4, 0.5) is 4.39 Å². The Morgan fingerprint density at radius 1 is 1.08 bits per heavy atom. The molecule has 2 rings (SSSR count). The van der Waals surface area contributed by atoms with Crippen LogP contribution in [0, 0.1) is 5.82 Å². The summed E-state index contributed by atoms with van der Waals surface area (Å²) in [6.07, 6.45) is 0. The van der Waals surface area contributed by atoms with Crippen LogP contribution in [-0.2, 0) is 14.9 Å². The van der Waals surface area contributed by atoms with Crippen LogP contribution in [0.3, 0.4) is 0 Å². The summed E-state index contributed by atoms with van der Waals surface area (Å²) in [4.78, 5) is 18.2. The van der Waals surface area contributed by atoms with Gasteiger partial charge in [0.2, 0.25) is 0 Å². The molecule has 0 aromatic heterocycles. The van der Waals surface area contributed by atoms with Crippen molar-refractivity contribution in [2.45, 2.75) is 4.90 Å². The summed E-state index contributed by atoms with van der Waals surface area (Å²) in [5.74, 6) is -0.228. The van der Waals surface area contributed by atoms with Gasteiger partial charge in [-0.15, -0.1) is 0 Å². The number of amides is 1. The van der Waals surface area contributed by atoms with Crippen LogP contribution in [-0.4, -0.2) is 34.6 Å². The molecule has 0 saturated heterocycles. The average Bonchev–Trinajstić information content (AvgIpc) is 2.60. The molecule has 2 N–H and O–H groups in total. The summed E-state index contributed by atoms with van der Waals surface area (Å²) in [7, 11) is -2.57. The number of hydrogen-bond donors (Lipinski definition) is 2. The van der Waals surface area contributed by atoms with E-state index in [-0.39, 0.29) is 29.8 Å². The topological polar surface area (TPSA) is 93.7 Å². The van der Waals surface area contributed by atoms with Crippen molar-refractivity contribution in [2.75, 3.05) is 20.3 Å². The van der Waals surface area contributed by atoms with E-state index in [0.717, 1.165) is 0 Å². The number of carbonyl (C=O) groups is 1. The summed E-state index contributed by atoms with van der Waals surface area (Å²) in [6.45, 7) is 0.448. The van der Waals surface area contributed by atoms with E-state index < -0.39 is 10.0 Å². The Hall–Kier alpha value is -2.49. The first-order valence-electron chi connectivity index (χ1n) is 7.24. The second-order valence-corrected chi connectivity index (χ2v) is 6.52. The zero-order chi connectivity index (χ0) is 18.3. The van der Waals surface area contributed by atoms with Crippen molar-refractivity contribution in [3.63, 3.8) is 0 Å². The molecular formula is C16H17FN2O5S. The van der Waals surface area contributed by atoms with E-state index in [1.54, 1.807) is 0 Å². The lowest BCUT2D eigenvalue weighted by Crippen LogP contribution is -2.28. The highest BCUT2D eigenvalue weighted by Crippen LogP contribution is 2.11. The van der Waals surface area contributed by atoms with Crippen LogP contribution < -0.4 is 14.9 Å². The number of ether oxygens (including phenoxy) is 1. The molecule has 0 spiro atoms. The van der Waals surface area contributed by atoms with Crippen LogP contribution in [0.5, 0.6) is 5.75 Å². The van der Waals surface area contributed by atoms with E-state index in [1.807, 2.05) is 4.89 Å². The van der Waals surface area contributed by atoms with Gasteiger partial charge < -0.3 is 10.1 Å². The van der Waals surface area contributed by atoms with Crippen LogP contribution in [0.25, 0.3) is 0 Å². The van der Waals surface area contributed by atoms with Crippen molar-refractivity contribution in [2.24, 2.45) is 0 Å². The van der Waals surface area contributed by atoms with Gasteiger partial charge in [0.05, 0.1) is 18.6 Å². The standard InChI is InChI=1S/C16H17FN2O5S/c1-23-19-25(21,22)15-8-2-12(3-9-15)16(20)18-10-11-24-14-6-4-13(17)5-7-14/h2-9,19H,10-11H2,1H3,(H,18,20). The van der Waals surface area contributed by atoms with Gasteiger partial charge in [-0.2, -0.15) is 0 Å². The fourth-order valence-electron chi connectivity index (χ4n) is 1.91. The molecule has 0 aliphatic heterocycles. The third-order valence-corrected chi connectivity index (χ3v) is 4.37. The number of sulfonamides is 1. The van der Waals surface area contributed by atoms with Crippen molar-refractivity contribution in [1.82, 2.24) is 10.2 Å². The minimum atomic E-state index is -3.76. The van der Waals surface area contributed by atoms with Crippen molar-refractivity contribution in [3.8, 4) is 5.75 Å². The van der Waals surface area contributed by atoms with Crippen molar-refractivity contribution in [1.29, 1.82) is 0 Å². The lowest BCUT2D eigenvalue weighted by atomic mass is 10.2. The number of halogens is 1. The lowest BCUT2D eigenvalue weighted by molar-refractivity contribution is 0.0947. The van der Waals surface area contributed by atoms with E-state index in [0.29, 0.717) is 11.3 Å². The highest BCUT2D eigenvalue weighted by molar-refractivity contribution is 7.89. The highest BCUT2D eigenvalue weighted by atomic mass is 32.2. The third-order valence-electron chi connectivity index (χ3n) is 3.09. The van der Waals surface area contributed by atoms with Crippen molar-refractivity contribution in [3.05, 3.63) is 59.9 Å². The van der Waals surface area contributed by atoms with Crippen LogP contribution in [0.15, 0.2) is 53.4 Å². The Labute approximate surface area is 144 Å². The number of rotatable bonds is 8. The number of nitrogens with one attached hydrogen (secondary N) is 2. The van der Waals surface area contributed by atoms with E-state index >= 15 is 0 Å². The molecule has 2 aromatic rings. The second-order valence-electron chi connectivity index (χ2n) is 4.87. The zero-order valence-corrected chi connectivity index (χ0v) is 14.2. The van der Waals surface area contributed by atoms with E-state index in [2.05, 4.69) is 10.2 Å². The molecule has 0 aliphatic rings. The normalized spacial score (nSPS) is 11.1. The highest BCUT2D eigenvalue weighted by Gasteiger charge is 2.14. The van der Waals surface area contributed by atoms with Crippen LogP contribution in [0.1, 0.15) is 10.4 Å². The molecule has 0 aliphatic carbocycles. The molecule has 7 nitrogen and oxygen atoms in total. The molecule has 0 atom stereocenters. The summed E-state index contributed by atoms with van der Waals surface area (Å²) >= 11 is 0. The first-order chi connectivity index (χ1) is 11.9. The lowest BCUT2D eigenvalue weighted by Gasteiger charge is -2.08. The van der Waals surface area contributed by atoms with Gasteiger partial charge in [0.1, 0.15) is 18.2 Å². The van der Waals surface area contributed by atoms with Crippen molar-refractivity contribution < 1.29 is 27.2 Å². The molecule has 0 unspecified atom stereocenters. The molecule has 0 fully saturated rings. The maximum Gasteiger partial charge on any atom is 0.262 e. The smallest absolute Gasteiger partial charge is 0.262 e. The van der Waals surface area contributed by atoms with Gasteiger partial charge in [-0.25, -0.2) is 12.8 Å². The molecule has 0 saturated carbocycles. The van der Waals surface area contributed by atoms with Crippen molar-refractivity contribution >= 4 is 15.9 Å². The molecule has 0 radical (unpaired) electrons. The SMILES string of the molecule is CONS(=O)(=O)c1ccc(C(=O)NCCOc2ccc(F)cc2)cc1. The minimum absolute atomic E-state index is 0.0226. The molecule has 134 valence electrons. The number of carbonyl (C=O) groups excluding carboxylic acids is 1. The fraction of sp³-hybridized carbons (Fsp3) is 0.188. The second kappa shape index (κ2) is 8.56. The molecular weight excluding hydrogens is 351 g/mol. The molecule has 9 heteroatoms. The first kappa shape index (κ1) is 18.8. The van der Waals surface area contributed by atoms with Gasteiger partial charge in [-0.1, -0.05) is 4.89 Å². The Kier molecular flexibility index (Phi) is 6.45. The zero-order valence-electron chi connectivity index (χ0n) is 13.4. The Morgan fingerprint density at radius 2 is 1.72 bits per heavy atom.